The topological polar surface area (TPSA) is 72.0 Å². The summed E-state index contributed by atoms with van der Waals surface area (Å²) in [5, 5.41) is 9.98. The molecule has 1 aromatic carbocycles. The summed E-state index contributed by atoms with van der Waals surface area (Å²) in [6.07, 6.45) is 0. The molecule has 2 rings (SSSR count). The molecule has 0 amide bonds. The van der Waals surface area contributed by atoms with Gasteiger partial charge in [-0.25, -0.2) is 4.79 Å². The van der Waals surface area contributed by atoms with Gasteiger partial charge >= 0.3 is 5.97 Å². The summed E-state index contributed by atoms with van der Waals surface area (Å²) in [6.45, 7) is 1.87. The fourth-order valence-electron chi connectivity index (χ4n) is 1.57. The lowest BCUT2D eigenvalue weighted by Gasteiger charge is -2.05. The molecule has 1 N–H and O–H groups in total. The van der Waals surface area contributed by atoms with Gasteiger partial charge in [0, 0.05) is 17.2 Å². The van der Waals surface area contributed by atoms with Gasteiger partial charge in [-0.3, -0.25) is 0 Å². The minimum Gasteiger partial charge on any atom is -0.506 e. The number of hydrogen-bond acceptors (Lipinski definition) is 5. The highest BCUT2D eigenvalue weighted by molar-refractivity contribution is 6.36. The van der Waals surface area contributed by atoms with Crippen LogP contribution in [-0.4, -0.2) is 17.7 Å². The highest BCUT2D eigenvalue weighted by Crippen LogP contribution is 2.31. The Morgan fingerprint density at radius 1 is 1.53 bits per heavy atom. The quantitative estimate of drug-likeness (QED) is 0.865. The Bertz CT molecular complexity index is 709. The van der Waals surface area contributed by atoms with Crippen molar-refractivity contribution in [3.8, 4) is 5.75 Å². The minimum atomic E-state index is -0.632. The number of phenols is 1. The van der Waals surface area contributed by atoms with Gasteiger partial charge < -0.3 is 14.3 Å². The summed E-state index contributed by atoms with van der Waals surface area (Å²) in [6, 6.07) is 4.29. The fourth-order valence-corrected chi connectivity index (χ4v) is 1.91. The number of esters is 1. The lowest BCUT2D eigenvalue weighted by atomic mass is 10.1. The molecule has 0 bridgehead atoms. The average Bonchev–Trinajstić information content (AvgIpc) is 2.42. The number of nitrogens with zero attached hydrogens (tertiary/aromatic N) is 1. The lowest BCUT2D eigenvalue weighted by Crippen LogP contribution is -2.17. The first kappa shape index (κ1) is 13.7. The molecule has 0 unspecified atom stereocenters. The van der Waals surface area contributed by atoms with E-state index in [1.54, 1.807) is 6.92 Å². The van der Waals surface area contributed by atoms with Crippen molar-refractivity contribution < 1.29 is 19.1 Å². The summed E-state index contributed by atoms with van der Waals surface area (Å²) >= 11 is 11.3. The first-order valence-electron chi connectivity index (χ1n) is 5.36. The Morgan fingerprint density at radius 2 is 2.26 bits per heavy atom. The van der Waals surface area contributed by atoms with Crippen LogP contribution in [0, 0.1) is 0 Å². The number of aromatic hydroxyl groups is 1. The van der Waals surface area contributed by atoms with Crippen LogP contribution in [-0.2, 0) is 4.74 Å². The molecular weight excluding hydrogens is 293 g/mol. The van der Waals surface area contributed by atoms with Crippen LogP contribution in [0.1, 0.15) is 17.3 Å². The van der Waals surface area contributed by atoms with E-state index in [-0.39, 0.29) is 28.5 Å². The molecule has 0 radical (unpaired) electrons. The molecule has 1 heterocycles. The largest absolute Gasteiger partial charge is 0.506 e. The maximum Gasteiger partial charge on any atom is 0.343 e. The molecule has 5 nitrogen and oxygen atoms in total. The van der Waals surface area contributed by atoms with Gasteiger partial charge in [-0.15, -0.1) is 4.51 Å². The van der Waals surface area contributed by atoms with Crippen molar-refractivity contribution in [2.75, 3.05) is 6.61 Å². The van der Waals surface area contributed by atoms with E-state index in [0.29, 0.717) is 11.0 Å². The van der Waals surface area contributed by atoms with Crippen molar-refractivity contribution in [3.05, 3.63) is 34.3 Å². The summed E-state index contributed by atoms with van der Waals surface area (Å²) in [7, 11) is 0. The maximum atomic E-state index is 11.8. The van der Waals surface area contributed by atoms with Crippen LogP contribution in [0.3, 0.4) is 0 Å². The molecule has 0 aliphatic heterocycles. The molecular formula is C12H9Cl2NO4. The third-order valence-corrected chi connectivity index (χ3v) is 2.97. The Balaban J connectivity index is 2.77. The van der Waals surface area contributed by atoms with Gasteiger partial charge in [0.2, 0.25) is 5.55 Å². The number of ether oxygens (including phenoxy) is 1. The number of carbonyl (C=O) groups excluding carboxylic acids is 1. The maximum absolute atomic E-state index is 11.8. The van der Waals surface area contributed by atoms with E-state index in [9.17, 15) is 9.90 Å². The first-order chi connectivity index (χ1) is 9.08. The highest BCUT2D eigenvalue weighted by Gasteiger charge is 2.16. The molecule has 1 aromatic heterocycles. The van der Waals surface area contributed by atoms with Crippen LogP contribution >= 0.6 is 23.4 Å². The molecule has 0 spiro atoms. The predicted octanol–water partition coefficient (Wildman–Crippen LogP) is 3.02. The second-order valence-corrected chi connectivity index (χ2v) is 4.13. The van der Waals surface area contributed by atoms with Gasteiger partial charge in [0.05, 0.1) is 11.6 Å². The van der Waals surface area contributed by atoms with Gasteiger partial charge in [0.15, 0.2) is 0 Å². The van der Waals surface area contributed by atoms with Crippen molar-refractivity contribution in [1.82, 2.24) is 0 Å². The Hall–Kier alpha value is -1.72. The molecule has 0 aliphatic rings. The van der Waals surface area contributed by atoms with Gasteiger partial charge in [0.25, 0.3) is 0 Å². The summed E-state index contributed by atoms with van der Waals surface area (Å²) in [5.74, 6) is -0.748. The van der Waals surface area contributed by atoms with E-state index in [2.05, 4.69) is 4.51 Å². The minimum absolute atomic E-state index is 0.0388. The molecule has 0 saturated carbocycles. The standard InChI is InChI=1S/C12H9Cl2NO4/c1-2-18-12(17)7-5-6-9(19-11(7)15-14)4-3-8(16)10(6)13/h3-5,16H,2H2,1H3/b15-11+. The third kappa shape index (κ3) is 2.52. The molecule has 100 valence electrons. The molecule has 0 aliphatic carbocycles. The Kier molecular flexibility index (Phi) is 3.97. The van der Waals surface area contributed by atoms with Crippen molar-refractivity contribution in [1.29, 1.82) is 0 Å². The van der Waals surface area contributed by atoms with Gasteiger partial charge in [0.1, 0.15) is 16.9 Å². The van der Waals surface area contributed by atoms with Crippen molar-refractivity contribution >= 4 is 40.3 Å². The van der Waals surface area contributed by atoms with Crippen LogP contribution in [0.25, 0.3) is 11.0 Å². The molecule has 0 atom stereocenters. The monoisotopic (exact) mass is 301 g/mol. The number of carbonyl (C=O) groups is 1. The Morgan fingerprint density at radius 3 is 2.89 bits per heavy atom. The zero-order valence-corrected chi connectivity index (χ0v) is 11.3. The summed E-state index contributed by atoms with van der Waals surface area (Å²) in [5.41, 5.74) is 0.307. The fraction of sp³-hybridized carbons (Fsp3) is 0.167. The van der Waals surface area contributed by atoms with Crippen LogP contribution in [0.2, 0.25) is 5.02 Å². The molecule has 0 fully saturated rings. The first-order valence-corrected chi connectivity index (χ1v) is 6.07. The van der Waals surface area contributed by atoms with E-state index < -0.39 is 5.97 Å². The van der Waals surface area contributed by atoms with Crippen LogP contribution in [0.4, 0.5) is 0 Å². The number of benzene rings is 1. The molecule has 2 aromatic rings. The van der Waals surface area contributed by atoms with Gasteiger partial charge in [-0.1, -0.05) is 11.6 Å². The van der Waals surface area contributed by atoms with Crippen LogP contribution in [0.5, 0.6) is 5.75 Å². The molecule has 0 saturated heterocycles. The number of hydrogen-bond donors (Lipinski definition) is 1. The van der Waals surface area contributed by atoms with E-state index >= 15 is 0 Å². The number of rotatable bonds is 2. The zero-order valence-electron chi connectivity index (χ0n) is 9.81. The van der Waals surface area contributed by atoms with Crippen molar-refractivity contribution in [3.63, 3.8) is 0 Å². The number of halogens is 2. The van der Waals surface area contributed by atoms with Crippen LogP contribution in [0.15, 0.2) is 27.1 Å². The highest BCUT2D eigenvalue weighted by atomic mass is 35.5. The predicted molar refractivity (Wildman–Crippen MR) is 70.3 cm³/mol. The Labute approximate surface area is 118 Å². The number of phenolic OH excluding ortho intramolecular Hbond substituents is 1. The second-order valence-electron chi connectivity index (χ2n) is 3.58. The van der Waals surface area contributed by atoms with E-state index in [0.717, 1.165) is 0 Å². The summed E-state index contributed by atoms with van der Waals surface area (Å²) < 4.78 is 13.6. The lowest BCUT2D eigenvalue weighted by molar-refractivity contribution is 0.0521. The van der Waals surface area contributed by atoms with E-state index in [4.69, 9.17) is 32.5 Å². The van der Waals surface area contributed by atoms with E-state index in [1.165, 1.54) is 18.2 Å². The van der Waals surface area contributed by atoms with Crippen molar-refractivity contribution in [2.24, 2.45) is 4.51 Å². The molecule has 7 heteroatoms. The normalized spacial score (nSPS) is 11.8. The SMILES string of the molecule is CCOC(=O)c1cc2c(Cl)c(O)ccc2o/c1=N/Cl. The average molecular weight is 302 g/mol. The third-order valence-electron chi connectivity index (χ3n) is 2.42. The van der Waals surface area contributed by atoms with Gasteiger partial charge in [-0.05, 0) is 25.1 Å². The van der Waals surface area contributed by atoms with Crippen molar-refractivity contribution in [2.45, 2.75) is 6.92 Å². The van der Waals surface area contributed by atoms with Gasteiger partial charge in [-0.2, -0.15) is 0 Å². The second kappa shape index (κ2) is 5.50. The smallest absolute Gasteiger partial charge is 0.343 e. The van der Waals surface area contributed by atoms with E-state index in [1.807, 2.05) is 0 Å². The van der Waals surface area contributed by atoms with Crippen LogP contribution < -0.4 is 5.55 Å². The molecule has 19 heavy (non-hydrogen) atoms. The summed E-state index contributed by atoms with van der Waals surface area (Å²) in [4.78, 5) is 11.8. The zero-order chi connectivity index (χ0) is 14.0. The number of fused-ring (bicyclic) bond motifs is 1.